The van der Waals surface area contributed by atoms with Crippen molar-refractivity contribution >= 4 is 6.21 Å². The number of rotatable bonds is 1. The lowest BCUT2D eigenvalue weighted by molar-refractivity contribution is 0.978. The molecule has 0 spiro atoms. The predicted octanol–water partition coefficient (Wildman–Crippen LogP) is 1.69. The molecule has 2 heteroatoms. The first-order valence-corrected chi connectivity index (χ1v) is 3.47. The van der Waals surface area contributed by atoms with Crippen LogP contribution in [0.1, 0.15) is 19.8 Å². The van der Waals surface area contributed by atoms with E-state index in [0.717, 1.165) is 18.4 Å². The van der Waals surface area contributed by atoms with Crippen molar-refractivity contribution in [2.24, 2.45) is 4.99 Å². The van der Waals surface area contributed by atoms with E-state index in [9.17, 15) is 0 Å². The third-order valence-corrected chi connectivity index (χ3v) is 1.70. The van der Waals surface area contributed by atoms with Crippen molar-refractivity contribution in [3.8, 4) is 6.07 Å². The molecule has 0 amide bonds. The molecule has 0 saturated carbocycles. The third-order valence-electron chi connectivity index (χ3n) is 1.70. The van der Waals surface area contributed by atoms with E-state index in [2.05, 4.69) is 18.0 Å². The zero-order valence-electron chi connectivity index (χ0n) is 6.09. The van der Waals surface area contributed by atoms with Gasteiger partial charge in [-0.2, -0.15) is 5.26 Å². The molecular weight excluding hydrogens is 124 g/mol. The molecular formula is C8H10N2. The van der Waals surface area contributed by atoms with Gasteiger partial charge in [-0.15, -0.1) is 0 Å². The molecule has 0 N–H and O–H groups in total. The van der Waals surface area contributed by atoms with Crippen molar-refractivity contribution in [3.05, 3.63) is 11.1 Å². The molecule has 0 unspecified atom stereocenters. The number of hydrogen-bond donors (Lipinski definition) is 0. The van der Waals surface area contributed by atoms with Crippen LogP contribution in [0.5, 0.6) is 0 Å². The van der Waals surface area contributed by atoms with Crippen molar-refractivity contribution in [1.82, 2.24) is 0 Å². The maximum atomic E-state index is 8.61. The summed E-state index contributed by atoms with van der Waals surface area (Å²) in [5, 5.41) is 8.61. The number of hydrogen-bond acceptors (Lipinski definition) is 2. The van der Waals surface area contributed by atoms with E-state index in [0.29, 0.717) is 6.54 Å². The number of allylic oxidation sites excluding steroid dienone is 1. The largest absolute Gasteiger partial charge is 0.292 e. The zero-order valence-corrected chi connectivity index (χ0v) is 6.09. The van der Waals surface area contributed by atoms with Crippen LogP contribution < -0.4 is 0 Å². The predicted molar refractivity (Wildman–Crippen MR) is 40.9 cm³/mol. The molecule has 0 aromatic carbocycles. The van der Waals surface area contributed by atoms with Gasteiger partial charge in [-0.3, -0.25) is 4.99 Å². The first-order valence-electron chi connectivity index (χ1n) is 3.47. The SMILES string of the molecule is CCC1=C(C#N)CN=CC1. The van der Waals surface area contributed by atoms with Crippen LogP contribution in [-0.4, -0.2) is 12.8 Å². The normalized spacial score (nSPS) is 17.2. The third kappa shape index (κ3) is 1.24. The lowest BCUT2D eigenvalue weighted by Gasteiger charge is -2.07. The van der Waals surface area contributed by atoms with Gasteiger partial charge in [0.15, 0.2) is 0 Å². The summed E-state index contributed by atoms with van der Waals surface area (Å²) in [6, 6.07) is 2.17. The molecule has 0 atom stereocenters. The molecule has 2 nitrogen and oxygen atoms in total. The molecule has 0 fully saturated rings. The van der Waals surface area contributed by atoms with Gasteiger partial charge in [-0.25, -0.2) is 0 Å². The van der Waals surface area contributed by atoms with Crippen LogP contribution in [0, 0.1) is 11.3 Å². The van der Waals surface area contributed by atoms with Crippen LogP contribution in [0.4, 0.5) is 0 Å². The zero-order chi connectivity index (χ0) is 7.40. The van der Waals surface area contributed by atoms with Crippen molar-refractivity contribution in [3.63, 3.8) is 0 Å². The number of dihydropyridines is 1. The molecule has 0 aromatic rings. The van der Waals surface area contributed by atoms with Crippen molar-refractivity contribution in [1.29, 1.82) is 5.26 Å². The molecule has 0 aliphatic carbocycles. The molecule has 52 valence electrons. The second kappa shape index (κ2) is 3.17. The van der Waals surface area contributed by atoms with Crippen LogP contribution in [-0.2, 0) is 0 Å². The van der Waals surface area contributed by atoms with Crippen molar-refractivity contribution < 1.29 is 0 Å². The quantitative estimate of drug-likeness (QED) is 0.537. The van der Waals surface area contributed by atoms with Gasteiger partial charge >= 0.3 is 0 Å². The van der Waals surface area contributed by atoms with E-state index in [4.69, 9.17) is 5.26 Å². The Balaban J connectivity index is 2.79. The summed E-state index contributed by atoms with van der Waals surface area (Å²) in [7, 11) is 0. The summed E-state index contributed by atoms with van der Waals surface area (Å²) < 4.78 is 0. The maximum Gasteiger partial charge on any atom is 0.0966 e. The fourth-order valence-electron chi connectivity index (χ4n) is 1.04. The van der Waals surface area contributed by atoms with Crippen LogP contribution >= 0.6 is 0 Å². The maximum absolute atomic E-state index is 8.61. The smallest absolute Gasteiger partial charge is 0.0966 e. The lowest BCUT2D eigenvalue weighted by Crippen LogP contribution is -2.00. The van der Waals surface area contributed by atoms with Gasteiger partial charge in [-0.1, -0.05) is 6.92 Å². The molecule has 0 bridgehead atoms. The summed E-state index contributed by atoms with van der Waals surface area (Å²) in [6.07, 6.45) is 3.74. The van der Waals surface area contributed by atoms with Gasteiger partial charge in [0.25, 0.3) is 0 Å². The summed E-state index contributed by atoms with van der Waals surface area (Å²) in [5.41, 5.74) is 2.11. The van der Waals surface area contributed by atoms with Gasteiger partial charge < -0.3 is 0 Å². The molecule has 0 radical (unpaired) electrons. The van der Waals surface area contributed by atoms with Crippen LogP contribution in [0.15, 0.2) is 16.1 Å². The van der Waals surface area contributed by atoms with Gasteiger partial charge in [0, 0.05) is 12.6 Å². The fourth-order valence-corrected chi connectivity index (χ4v) is 1.04. The highest BCUT2D eigenvalue weighted by Gasteiger charge is 2.05. The average molecular weight is 134 g/mol. The molecule has 1 aliphatic rings. The molecule has 0 aromatic heterocycles. The molecule has 1 heterocycles. The van der Waals surface area contributed by atoms with E-state index in [1.807, 2.05) is 6.21 Å². The summed E-state index contributed by atoms with van der Waals surface area (Å²) in [4.78, 5) is 4.02. The first kappa shape index (κ1) is 7.01. The highest BCUT2D eigenvalue weighted by Crippen LogP contribution is 2.14. The van der Waals surface area contributed by atoms with Crippen LogP contribution in [0.2, 0.25) is 0 Å². The van der Waals surface area contributed by atoms with Gasteiger partial charge in [0.2, 0.25) is 0 Å². The van der Waals surface area contributed by atoms with E-state index in [-0.39, 0.29) is 0 Å². The number of aliphatic imine (C=N–C) groups is 1. The Bertz CT molecular complexity index is 218. The van der Waals surface area contributed by atoms with Crippen molar-refractivity contribution in [2.75, 3.05) is 6.54 Å². The molecule has 1 rings (SSSR count). The number of nitriles is 1. The molecule has 0 saturated heterocycles. The van der Waals surface area contributed by atoms with Gasteiger partial charge in [0.05, 0.1) is 18.2 Å². The Hall–Kier alpha value is -1.10. The Morgan fingerprint density at radius 1 is 1.80 bits per heavy atom. The Kier molecular flexibility index (Phi) is 2.22. The monoisotopic (exact) mass is 134 g/mol. The van der Waals surface area contributed by atoms with E-state index in [1.165, 1.54) is 5.57 Å². The Morgan fingerprint density at radius 2 is 2.60 bits per heavy atom. The minimum atomic E-state index is 0.597. The first-order chi connectivity index (χ1) is 4.88. The van der Waals surface area contributed by atoms with Crippen LogP contribution in [0.3, 0.4) is 0 Å². The van der Waals surface area contributed by atoms with Gasteiger partial charge in [0.1, 0.15) is 0 Å². The number of nitrogens with zero attached hydrogens (tertiary/aromatic N) is 2. The topological polar surface area (TPSA) is 36.1 Å². The highest BCUT2D eigenvalue weighted by molar-refractivity contribution is 5.64. The fraction of sp³-hybridized carbons (Fsp3) is 0.500. The lowest BCUT2D eigenvalue weighted by atomic mass is 10.0. The average Bonchev–Trinajstić information content (AvgIpc) is 2.04. The molecule has 1 aliphatic heterocycles. The van der Waals surface area contributed by atoms with E-state index >= 15 is 0 Å². The summed E-state index contributed by atoms with van der Waals surface area (Å²) in [6.45, 7) is 2.67. The van der Waals surface area contributed by atoms with E-state index in [1.54, 1.807) is 0 Å². The van der Waals surface area contributed by atoms with Gasteiger partial charge in [-0.05, 0) is 12.0 Å². The standard InChI is InChI=1S/C8H10N2/c1-2-7-3-4-10-6-8(7)5-9/h4H,2-3,6H2,1H3. The van der Waals surface area contributed by atoms with Crippen molar-refractivity contribution in [2.45, 2.75) is 19.8 Å². The second-order valence-electron chi connectivity index (χ2n) is 2.27. The minimum Gasteiger partial charge on any atom is -0.292 e. The molecule has 10 heavy (non-hydrogen) atoms. The van der Waals surface area contributed by atoms with Crippen LogP contribution in [0.25, 0.3) is 0 Å². The Morgan fingerprint density at radius 3 is 3.10 bits per heavy atom. The highest BCUT2D eigenvalue weighted by atomic mass is 14.7. The summed E-state index contributed by atoms with van der Waals surface area (Å²) >= 11 is 0. The summed E-state index contributed by atoms with van der Waals surface area (Å²) in [5.74, 6) is 0. The second-order valence-corrected chi connectivity index (χ2v) is 2.27. The van der Waals surface area contributed by atoms with E-state index < -0.39 is 0 Å². The minimum absolute atomic E-state index is 0.597. The Labute approximate surface area is 60.9 Å².